The number of hydrogen-bond acceptors (Lipinski definition) is 7. The van der Waals surface area contributed by atoms with E-state index in [1.807, 2.05) is 5.48 Å². The third kappa shape index (κ3) is 6.19. The number of nitrogens with one attached hydrogen (secondary N) is 2. The summed E-state index contributed by atoms with van der Waals surface area (Å²) in [5.41, 5.74) is 0.309. The van der Waals surface area contributed by atoms with Gasteiger partial charge in [0.05, 0.1) is 43.0 Å². The molecule has 164 valence electrons. The molecule has 0 atom stereocenters. The molecule has 0 saturated carbocycles. The minimum absolute atomic E-state index is 0.185. The fourth-order valence-electron chi connectivity index (χ4n) is 2.29. The van der Waals surface area contributed by atoms with Crippen LogP contribution in [0.5, 0.6) is 0 Å². The highest BCUT2D eigenvalue weighted by Gasteiger charge is 2.23. The summed E-state index contributed by atoms with van der Waals surface area (Å²) in [5, 5.41) is 23.1. The Morgan fingerprint density at radius 3 is 2.55 bits per heavy atom. The summed E-state index contributed by atoms with van der Waals surface area (Å²) in [6.07, 6.45) is 5.99. The van der Waals surface area contributed by atoms with Gasteiger partial charge >= 0.3 is 0 Å². The van der Waals surface area contributed by atoms with Gasteiger partial charge in [0.25, 0.3) is 5.91 Å². The molecule has 0 spiro atoms. The van der Waals surface area contributed by atoms with Gasteiger partial charge < -0.3 is 20.4 Å². The molecule has 0 radical (unpaired) electrons. The van der Waals surface area contributed by atoms with Gasteiger partial charge in [-0.15, -0.1) is 6.42 Å². The van der Waals surface area contributed by atoms with Crippen LogP contribution in [0.3, 0.4) is 0 Å². The first-order valence-electron chi connectivity index (χ1n) is 8.77. The lowest BCUT2D eigenvalue weighted by molar-refractivity contribution is 0.0168. The first-order valence-corrected chi connectivity index (χ1v) is 8.77. The van der Waals surface area contributed by atoms with E-state index in [-0.39, 0.29) is 31.1 Å². The van der Waals surface area contributed by atoms with Gasteiger partial charge in [0, 0.05) is 11.1 Å². The number of aliphatic hydroxyl groups excluding tert-OH is 2. The Kier molecular flexibility index (Phi) is 8.83. The Morgan fingerprint density at radius 1 is 1.16 bits per heavy atom. The number of carbonyl (C=O) groups is 1. The van der Waals surface area contributed by atoms with Gasteiger partial charge in [0.15, 0.2) is 11.6 Å². The van der Waals surface area contributed by atoms with Crippen molar-refractivity contribution in [1.29, 1.82) is 0 Å². The second-order valence-electron chi connectivity index (χ2n) is 5.77. The second-order valence-corrected chi connectivity index (χ2v) is 5.77. The number of carbonyl (C=O) groups excluding carboxylic acids is 1. The van der Waals surface area contributed by atoms with Crippen LogP contribution >= 0.6 is 0 Å². The molecule has 0 aliphatic carbocycles. The highest BCUT2D eigenvalue weighted by Crippen LogP contribution is 2.30. The molecule has 11 heteroatoms. The molecule has 0 aliphatic heterocycles. The van der Waals surface area contributed by atoms with Crippen LogP contribution < -0.4 is 10.8 Å². The van der Waals surface area contributed by atoms with E-state index in [0.29, 0.717) is 0 Å². The molecule has 4 N–H and O–H groups in total. The van der Waals surface area contributed by atoms with E-state index in [4.69, 9.17) is 21.5 Å². The highest BCUT2D eigenvalue weighted by molar-refractivity contribution is 6.01. The predicted octanol–water partition coefficient (Wildman–Crippen LogP) is 1.83. The number of halogens is 3. The first kappa shape index (κ1) is 23.7. The molecule has 0 bridgehead atoms. The van der Waals surface area contributed by atoms with Crippen LogP contribution in [0.2, 0.25) is 0 Å². The molecule has 0 unspecified atom stereocenters. The van der Waals surface area contributed by atoms with Crippen molar-refractivity contribution in [3.63, 3.8) is 0 Å². The van der Waals surface area contributed by atoms with Gasteiger partial charge in [-0.3, -0.25) is 9.63 Å². The number of hydrogen-bond donors (Lipinski definition) is 4. The smallest absolute Gasteiger partial charge is 0.277 e. The topological polar surface area (TPSA) is 112 Å². The lowest BCUT2D eigenvalue weighted by Gasteiger charge is -2.15. The summed E-state index contributed by atoms with van der Waals surface area (Å²) in [6, 6.07) is 4.49. The maximum atomic E-state index is 14.8. The predicted molar refractivity (Wildman–Crippen MR) is 105 cm³/mol. The van der Waals surface area contributed by atoms with Gasteiger partial charge in [-0.2, -0.15) is 0 Å². The number of aliphatic hydroxyl groups is 2. The molecule has 2 rings (SSSR count). The largest absolute Gasteiger partial charge is 0.394 e. The zero-order valence-corrected chi connectivity index (χ0v) is 16.0. The van der Waals surface area contributed by atoms with Crippen LogP contribution in [-0.4, -0.2) is 48.8 Å². The molecule has 0 heterocycles. The lowest BCUT2D eigenvalue weighted by atomic mass is 10.1. The van der Waals surface area contributed by atoms with Crippen molar-refractivity contribution in [2.45, 2.75) is 0 Å². The van der Waals surface area contributed by atoms with E-state index in [0.717, 1.165) is 18.3 Å². The molecular weight excluding hydrogens is 419 g/mol. The number of amides is 1. The van der Waals surface area contributed by atoms with E-state index in [9.17, 15) is 18.0 Å². The molecule has 2 aromatic rings. The average molecular weight is 437 g/mol. The quantitative estimate of drug-likeness (QED) is 0.195. The summed E-state index contributed by atoms with van der Waals surface area (Å²) in [4.78, 5) is 21.8. The standard InChI is InChI=1S/C20H18F3N3O5/c1-2-12-3-4-16(15(21)9-12)25-19-14(20(29)26-31-8-6-28)10-13(17(22)18(19)23)11-24-30-7-5-27/h1,3-4,9-11,25,27-28H,5-8H2,(H,26,29)/b24-11-. The normalized spacial score (nSPS) is 10.7. The molecule has 31 heavy (non-hydrogen) atoms. The summed E-state index contributed by atoms with van der Waals surface area (Å²) in [7, 11) is 0. The molecule has 0 aromatic heterocycles. The van der Waals surface area contributed by atoms with Crippen LogP contribution in [0.4, 0.5) is 24.5 Å². The minimum atomic E-state index is -1.50. The summed E-state index contributed by atoms with van der Waals surface area (Å²) in [6.45, 7) is -1.20. The van der Waals surface area contributed by atoms with Crippen molar-refractivity contribution in [3.8, 4) is 12.3 Å². The third-order valence-electron chi connectivity index (χ3n) is 3.68. The van der Waals surface area contributed by atoms with Crippen molar-refractivity contribution in [2.75, 3.05) is 31.7 Å². The summed E-state index contributed by atoms with van der Waals surface area (Å²) in [5.74, 6) is -2.54. The van der Waals surface area contributed by atoms with E-state index in [1.54, 1.807) is 0 Å². The number of benzene rings is 2. The third-order valence-corrected chi connectivity index (χ3v) is 3.68. The minimum Gasteiger partial charge on any atom is -0.394 e. The van der Waals surface area contributed by atoms with Gasteiger partial charge in [-0.1, -0.05) is 11.1 Å². The fraction of sp³-hybridized carbons (Fsp3) is 0.200. The zero-order valence-electron chi connectivity index (χ0n) is 16.0. The number of rotatable bonds is 10. The Morgan fingerprint density at radius 2 is 1.90 bits per heavy atom. The number of hydroxylamine groups is 1. The molecule has 0 aliphatic rings. The van der Waals surface area contributed by atoms with Crippen LogP contribution in [0, 0.1) is 29.8 Å². The van der Waals surface area contributed by atoms with E-state index >= 15 is 0 Å². The molecule has 2 aromatic carbocycles. The summed E-state index contributed by atoms with van der Waals surface area (Å²) >= 11 is 0. The van der Waals surface area contributed by atoms with Crippen LogP contribution in [0.1, 0.15) is 21.5 Å². The number of anilines is 2. The highest BCUT2D eigenvalue weighted by atomic mass is 19.2. The Bertz CT molecular complexity index is 1010. The van der Waals surface area contributed by atoms with Gasteiger partial charge in [-0.25, -0.2) is 18.7 Å². The van der Waals surface area contributed by atoms with Gasteiger partial charge in [-0.05, 0) is 24.3 Å². The SMILES string of the molecule is C#Cc1ccc(Nc2c(C(=O)NOCCO)cc(/C=N\OCCO)c(F)c2F)c(F)c1. The van der Waals surface area contributed by atoms with Crippen LogP contribution in [0.25, 0.3) is 0 Å². The van der Waals surface area contributed by atoms with Crippen LogP contribution in [-0.2, 0) is 9.68 Å². The van der Waals surface area contributed by atoms with E-state index in [1.165, 1.54) is 12.1 Å². The Balaban J connectivity index is 2.49. The van der Waals surface area contributed by atoms with Crippen molar-refractivity contribution < 1.29 is 37.9 Å². The molecule has 0 saturated heterocycles. The maximum absolute atomic E-state index is 14.8. The number of oxime groups is 1. The zero-order chi connectivity index (χ0) is 22.8. The number of terminal acetylenes is 1. The van der Waals surface area contributed by atoms with Crippen LogP contribution in [0.15, 0.2) is 29.4 Å². The van der Waals surface area contributed by atoms with E-state index < -0.39 is 46.8 Å². The molecule has 0 fully saturated rings. The van der Waals surface area contributed by atoms with Gasteiger partial charge in [0.2, 0.25) is 0 Å². The second kappa shape index (κ2) is 11.6. The molecular formula is C20H18F3N3O5. The monoisotopic (exact) mass is 437 g/mol. The average Bonchev–Trinajstić information content (AvgIpc) is 2.76. The van der Waals surface area contributed by atoms with Crippen molar-refractivity contribution in [1.82, 2.24) is 5.48 Å². The lowest BCUT2D eigenvalue weighted by Crippen LogP contribution is -2.26. The van der Waals surface area contributed by atoms with Crippen molar-refractivity contribution in [3.05, 3.63) is 58.4 Å². The maximum Gasteiger partial charge on any atom is 0.277 e. The van der Waals surface area contributed by atoms with Crippen molar-refractivity contribution >= 4 is 23.5 Å². The first-order chi connectivity index (χ1) is 14.9. The molecule has 8 nitrogen and oxygen atoms in total. The summed E-state index contributed by atoms with van der Waals surface area (Å²) < 4.78 is 43.6. The number of nitrogens with zero attached hydrogens (tertiary/aromatic N) is 1. The Hall–Kier alpha value is -3.59. The van der Waals surface area contributed by atoms with E-state index in [2.05, 4.69) is 21.2 Å². The van der Waals surface area contributed by atoms with Crippen molar-refractivity contribution in [2.24, 2.45) is 5.16 Å². The molecule has 1 amide bonds. The Labute approximate surface area is 175 Å². The van der Waals surface area contributed by atoms with Gasteiger partial charge in [0.1, 0.15) is 12.4 Å². The fourth-order valence-corrected chi connectivity index (χ4v) is 2.29.